The molecule has 0 N–H and O–H groups in total. The van der Waals surface area contributed by atoms with E-state index in [4.69, 9.17) is 0 Å². The Morgan fingerprint density at radius 1 is 1.25 bits per heavy atom. The lowest BCUT2D eigenvalue weighted by atomic mass is 10.1. The second kappa shape index (κ2) is 5.77. The van der Waals surface area contributed by atoms with E-state index in [1.165, 1.54) is 16.9 Å². The highest BCUT2D eigenvalue weighted by molar-refractivity contribution is 5.76. The van der Waals surface area contributed by atoms with Crippen molar-refractivity contribution in [2.75, 3.05) is 0 Å². The Labute approximate surface area is 135 Å². The first-order valence-corrected chi connectivity index (χ1v) is 7.41. The molecule has 0 saturated carbocycles. The molecule has 0 fully saturated rings. The fourth-order valence-electron chi connectivity index (χ4n) is 2.55. The molecule has 3 heterocycles. The summed E-state index contributed by atoms with van der Waals surface area (Å²) in [4.78, 5) is 3.46. The van der Waals surface area contributed by atoms with Crippen LogP contribution in [0, 0.1) is 11.1 Å². The van der Waals surface area contributed by atoms with Crippen LogP contribution < -0.4 is 4.73 Å². The van der Waals surface area contributed by atoms with Gasteiger partial charge in [-0.05, 0) is 24.1 Å². The molecule has 0 radical (unpaired) electrons. The quantitative estimate of drug-likeness (QED) is 0.545. The Morgan fingerprint density at radius 2 is 2.00 bits per heavy atom. The molecule has 0 bridgehead atoms. The number of aromatic nitrogens is 4. The van der Waals surface area contributed by atoms with Crippen molar-refractivity contribution in [2.24, 2.45) is 5.92 Å². The first-order valence-electron chi connectivity index (χ1n) is 7.41. The third-order valence-electron chi connectivity index (χ3n) is 3.55. The van der Waals surface area contributed by atoms with Gasteiger partial charge in [0.25, 0.3) is 5.52 Å². The molecule has 0 unspecified atom stereocenters. The van der Waals surface area contributed by atoms with Crippen LogP contribution in [0.2, 0.25) is 0 Å². The molecule has 8 heteroatoms. The zero-order valence-electron chi connectivity index (χ0n) is 13.1. The number of pyridine rings is 2. The van der Waals surface area contributed by atoms with E-state index in [2.05, 4.69) is 10.1 Å². The van der Waals surface area contributed by atoms with Crippen LogP contribution in [-0.4, -0.2) is 14.8 Å². The summed E-state index contributed by atoms with van der Waals surface area (Å²) in [5, 5.41) is 16.5. The van der Waals surface area contributed by atoms with Crippen LogP contribution in [-0.2, 0) is 12.6 Å². The van der Waals surface area contributed by atoms with Gasteiger partial charge in [0.05, 0.1) is 11.9 Å². The summed E-state index contributed by atoms with van der Waals surface area (Å²) in [7, 11) is 0. The zero-order chi connectivity index (χ0) is 17.5. The molecule has 5 nitrogen and oxygen atoms in total. The van der Waals surface area contributed by atoms with Gasteiger partial charge in [0.15, 0.2) is 6.20 Å². The Hall–Kier alpha value is -2.64. The third kappa shape index (κ3) is 2.91. The van der Waals surface area contributed by atoms with E-state index in [-0.39, 0.29) is 5.92 Å². The van der Waals surface area contributed by atoms with E-state index < -0.39 is 11.9 Å². The molecule has 0 aliphatic carbocycles. The molecule has 0 spiro atoms. The highest BCUT2D eigenvalue weighted by atomic mass is 19.4. The average Bonchev–Trinajstić information content (AvgIpc) is 2.86. The summed E-state index contributed by atoms with van der Waals surface area (Å²) < 4.78 is 40.1. The first-order chi connectivity index (χ1) is 11.3. The van der Waals surface area contributed by atoms with Crippen LogP contribution in [0.15, 0.2) is 36.7 Å². The molecule has 0 saturated heterocycles. The van der Waals surface area contributed by atoms with Gasteiger partial charge in [-0.3, -0.25) is 0 Å². The maximum atomic E-state index is 12.6. The summed E-state index contributed by atoms with van der Waals surface area (Å²) in [5.41, 5.74) is 0.963. The van der Waals surface area contributed by atoms with Crippen molar-refractivity contribution in [1.82, 2.24) is 14.8 Å². The van der Waals surface area contributed by atoms with Gasteiger partial charge < -0.3 is 5.21 Å². The molecule has 126 valence electrons. The average molecular weight is 336 g/mol. The van der Waals surface area contributed by atoms with Gasteiger partial charge in [0.1, 0.15) is 16.9 Å². The second-order valence-corrected chi connectivity index (χ2v) is 5.92. The predicted octanol–water partition coefficient (Wildman–Crippen LogP) is 3.27. The van der Waals surface area contributed by atoms with Gasteiger partial charge in [-0.2, -0.15) is 23.0 Å². The lowest BCUT2D eigenvalue weighted by molar-refractivity contribution is -0.577. The Bertz CT molecular complexity index is 869. The predicted molar refractivity (Wildman–Crippen MR) is 81.4 cm³/mol. The zero-order valence-corrected chi connectivity index (χ0v) is 13.1. The smallest absolute Gasteiger partial charge is 0.433 e. The van der Waals surface area contributed by atoms with Crippen LogP contribution >= 0.6 is 0 Å². The van der Waals surface area contributed by atoms with Gasteiger partial charge in [-0.25, -0.2) is 9.67 Å². The van der Waals surface area contributed by atoms with Crippen LogP contribution in [0.1, 0.15) is 25.2 Å². The van der Waals surface area contributed by atoms with Gasteiger partial charge in [-0.1, -0.05) is 13.8 Å². The summed E-state index contributed by atoms with van der Waals surface area (Å²) in [6.07, 6.45) is -1.42. The Kier molecular flexibility index (Phi) is 3.90. The van der Waals surface area contributed by atoms with Crippen molar-refractivity contribution in [3.63, 3.8) is 0 Å². The molecule has 0 atom stereocenters. The molecule has 3 aromatic heterocycles. The van der Waals surface area contributed by atoms with Crippen LogP contribution in [0.3, 0.4) is 0 Å². The third-order valence-corrected chi connectivity index (χ3v) is 3.55. The molecule has 0 aliphatic rings. The highest BCUT2D eigenvalue weighted by Gasteiger charge is 2.32. The number of fused-ring (bicyclic) bond motifs is 1. The van der Waals surface area contributed by atoms with E-state index in [1.807, 2.05) is 13.8 Å². The fraction of sp³-hybridized carbons (Fsp3) is 0.312. The minimum Gasteiger partial charge on any atom is -0.618 e. The number of hydrogen-bond acceptors (Lipinski definition) is 3. The summed E-state index contributed by atoms with van der Waals surface area (Å²) >= 11 is 0. The summed E-state index contributed by atoms with van der Waals surface area (Å²) in [6, 6.07) is 5.48. The standard InChI is InChI=1S/C16H15F3N4O/c1-10(2)8-12-15-13(4-3-7-22(15)24)23(21-12)11-5-6-14(20-9-11)16(17,18)19/h3-7,9-10H,8H2,1-2H3. The van der Waals surface area contributed by atoms with Crippen molar-refractivity contribution in [2.45, 2.75) is 26.4 Å². The van der Waals surface area contributed by atoms with Crippen molar-refractivity contribution in [3.05, 3.63) is 53.3 Å². The van der Waals surface area contributed by atoms with Gasteiger partial charge in [0, 0.05) is 12.5 Å². The largest absolute Gasteiger partial charge is 0.618 e. The highest BCUT2D eigenvalue weighted by Crippen LogP contribution is 2.28. The minimum atomic E-state index is -4.49. The lowest BCUT2D eigenvalue weighted by Gasteiger charge is -2.07. The fourth-order valence-corrected chi connectivity index (χ4v) is 2.55. The molecule has 3 rings (SSSR count). The van der Waals surface area contributed by atoms with E-state index in [1.54, 1.807) is 12.1 Å². The second-order valence-electron chi connectivity index (χ2n) is 5.92. The molecular weight excluding hydrogens is 321 g/mol. The summed E-state index contributed by atoms with van der Waals surface area (Å²) in [5.74, 6) is 0.280. The van der Waals surface area contributed by atoms with Crippen LogP contribution in [0.5, 0.6) is 0 Å². The maximum Gasteiger partial charge on any atom is 0.433 e. The normalized spacial score (nSPS) is 12.2. The number of hydrogen-bond donors (Lipinski definition) is 0. The van der Waals surface area contributed by atoms with E-state index in [0.717, 1.165) is 17.0 Å². The Morgan fingerprint density at radius 3 is 2.58 bits per heavy atom. The van der Waals surface area contributed by atoms with Crippen molar-refractivity contribution in [1.29, 1.82) is 0 Å². The number of rotatable bonds is 3. The van der Waals surface area contributed by atoms with Crippen LogP contribution in [0.25, 0.3) is 16.7 Å². The molecule has 0 aliphatic heterocycles. The minimum absolute atomic E-state index is 0.280. The van der Waals surface area contributed by atoms with Crippen molar-refractivity contribution in [3.8, 4) is 5.69 Å². The molecule has 24 heavy (non-hydrogen) atoms. The molecule has 0 amide bonds. The van der Waals surface area contributed by atoms with Gasteiger partial charge in [-0.15, -0.1) is 0 Å². The SMILES string of the molecule is CC(C)Cc1nn(-c2ccc(C(F)(F)F)nc2)c2ccc[n+]([O-])c12. The first kappa shape index (κ1) is 16.2. The molecular formula is C16H15F3N4O. The van der Waals surface area contributed by atoms with Gasteiger partial charge in [0.2, 0.25) is 0 Å². The van der Waals surface area contributed by atoms with E-state index >= 15 is 0 Å². The van der Waals surface area contributed by atoms with Crippen molar-refractivity contribution < 1.29 is 17.9 Å². The monoisotopic (exact) mass is 336 g/mol. The topological polar surface area (TPSA) is 57.7 Å². The summed E-state index contributed by atoms with van der Waals surface area (Å²) in [6.45, 7) is 4.01. The Balaban J connectivity index is 2.14. The van der Waals surface area contributed by atoms with E-state index in [0.29, 0.717) is 28.8 Å². The number of alkyl halides is 3. The lowest BCUT2D eigenvalue weighted by Crippen LogP contribution is -2.26. The van der Waals surface area contributed by atoms with Crippen molar-refractivity contribution >= 4 is 11.0 Å². The van der Waals surface area contributed by atoms with Gasteiger partial charge >= 0.3 is 6.18 Å². The van der Waals surface area contributed by atoms with Crippen LogP contribution in [0.4, 0.5) is 13.2 Å². The molecule has 0 aromatic carbocycles. The maximum absolute atomic E-state index is 12.6. The number of nitrogens with zero attached hydrogens (tertiary/aromatic N) is 4. The van der Waals surface area contributed by atoms with E-state index in [9.17, 15) is 18.4 Å². The molecule has 3 aromatic rings. The number of halogens is 3.